The number of hydrogen-bond donors (Lipinski definition) is 2. The Kier molecular flexibility index (Phi) is 3.01. The summed E-state index contributed by atoms with van der Waals surface area (Å²) in [6.07, 6.45) is 2.28. The van der Waals surface area contributed by atoms with Crippen LogP contribution < -0.4 is 5.32 Å². The second kappa shape index (κ2) is 4.68. The number of amidine groups is 1. The molecule has 3 rings (SSSR count). The maximum Gasteiger partial charge on any atom is 0.306 e. The first-order chi connectivity index (χ1) is 9.15. The van der Waals surface area contributed by atoms with Crippen molar-refractivity contribution in [3.05, 3.63) is 35.4 Å². The maximum absolute atomic E-state index is 11.1. The van der Waals surface area contributed by atoms with Crippen molar-refractivity contribution >= 4 is 11.8 Å². The molecule has 4 heteroatoms. The molecule has 1 aliphatic heterocycles. The Morgan fingerprint density at radius 3 is 2.89 bits per heavy atom. The second-order valence-electron chi connectivity index (χ2n) is 5.46. The smallest absolute Gasteiger partial charge is 0.306 e. The van der Waals surface area contributed by atoms with Gasteiger partial charge >= 0.3 is 5.97 Å². The summed E-state index contributed by atoms with van der Waals surface area (Å²) in [5, 5.41) is 12.5. The van der Waals surface area contributed by atoms with E-state index in [1.807, 2.05) is 12.1 Å². The first-order valence-corrected chi connectivity index (χ1v) is 6.78. The van der Waals surface area contributed by atoms with Crippen LogP contribution in [0.5, 0.6) is 0 Å². The Morgan fingerprint density at radius 1 is 1.37 bits per heavy atom. The van der Waals surface area contributed by atoms with Crippen molar-refractivity contribution in [2.45, 2.75) is 38.3 Å². The Bertz CT molecular complexity index is 539. The topological polar surface area (TPSA) is 61.7 Å². The number of aliphatic imine (C=N–C) groups is 1. The quantitative estimate of drug-likeness (QED) is 0.852. The zero-order valence-corrected chi connectivity index (χ0v) is 11.0. The van der Waals surface area contributed by atoms with E-state index in [4.69, 9.17) is 10.1 Å². The molecule has 2 N–H and O–H groups in total. The van der Waals surface area contributed by atoms with Gasteiger partial charge in [-0.25, -0.2) is 0 Å². The van der Waals surface area contributed by atoms with Crippen LogP contribution in [0, 0.1) is 12.8 Å². The number of carboxylic acid groups (broad SMARTS) is 1. The highest BCUT2D eigenvalue weighted by Gasteiger charge is 2.37. The first-order valence-electron chi connectivity index (χ1n) is 6.78. The van der Waals surface area contributed by atoms with E-state index in [1.54, 1.807) is 0 Å². The van der Waals surface area contributed by atoms with E-state index in [-0.39, 0.29) is 18.0 Å². The Hall–Kier alpha value is -1.84. The molecule has 0 bridgehead atoms. The summed E-state index contributed by atoms with van der Waals surface area (Å²) < 4.78 is 0. The van der Waals surface area contributed by atoms with Gasteiger partial charge in [-0.05, 0) is 31.7 Å². The summed E-state index contributed by atoms with van der Waals surface area (Å²) in [6, 6.07) is 8.58. The molecule has 1 heterocycles. The van der Waals surface area contributed by atoms with E-state index in [0.29, 0.717) is 6.42 Å². The van der Waals surface area contributed by atoms with E-state index in [1.165, 1.54) is 5.56 Å². The van der Waals surface area contributed by atoms with Gasteiger partial charge in [0.15, 0.2) is 0 Å². The first kappa shape index (κ1) is 12.2. The number of carbonyl (C=O) groups is 1. The van der Waals surface area contributed by atoms with Gasteiger partial charge in [-0.1, -0.05) is 24.3 Å². The number of aryl methyl sites for hydroxylation is 1. The lowest BCUT2D eigenvalue weighted by molar-refractivity contribution is -0.143. The largest absolute Gasteiger partial charge is 0.481 e. The van der Waals surface area contributed by atoms with Crippen LogP contribution in [0.15, 0.2) is 29.3 Å². The van der Waals surface area contributed by atoms with Gasteiger partial charge in [0.25, 0.3) is 0 Å². The molecule has 0 spiro atoms. The SMILES string of the molecule is Cc1ccccc1C1=NC2CCC(C(=O)O)CC2N1. The predicted molar refractivity (Wildman–Crippen MR) is 73.4 cm³/mol. The molecule has 1 aromatic carbocycles. The van der Waals surface area contributed by atoms with Crippen molar-refractivity contribution in [2.75, 3.05) is 0 Å². The monoisotopic (exact) mass is 258 g/mol. The third kappa shape index (κ3) is 2.23. The Morgan fingerprint density at radius 2 is 2.16 bits per heavy atom. The van der Waals surface area contributed by atoms with Crippen LogP contribution in [0.3, 0.4) is 0 Å². The summed E-state index contributed by atoms with van der Waals surface area (Å²) in [4.78, 5) is 15.8. The number of hydrogen-bond acceptors (Lipinski definition) is 3. The molecule has 1 fully saturated rings. The summed E-state index contributed by atoms with van der Waals surface area (Å²) in [5.41, 5.74) is 2.32. The van der Waals surface area contributed by atoms with Crippen molar-refractivity contribution in [3.8, 4) is 0 Å². The lowest BCUT2D eigenvalue weighted by Gasteiger charge is -2.28. The summed E-state index contributed by atoms with van der Waals surface area (Å²) in [6.45, 7) is 2.07. The van der Waals surface area contributed by atoms with Gasteiger partial charge in [0.1, 0.15) is 5.84 Å². The van der Waals surface area contributed by atoms with Gasteiger partial charge in [0.2, 0.25) is 0 Å². The molecule has 0 saturated heterocycles. The van der Waals surface area contributed by atoms with E-state index in [9.17, 15) is 4.79 Å². The minimum Gasteiger partial charge on any atom is -0.481 e. The van der Waals surface area contributed by atoms with E-state index < -0.39 is 5.97 Å². The van der Waals surface area contributed by atoms with Crippen LogP contribution in [0.4, 0.5) is 0 Å². The molecule has 1 aromatic rings. The molecular weight excluding hydrogens is 240 g/mol. The predicted octanol–water partition coefficient (Wildman–Crippen LogP) is 1.97. The van der Waals surface area contributed by atoms with Gasteiger partial charge in [-0.3, -0.25) is 9.79 Å². The standard InChI is InChI=1S/C15H18N2O2/c1-9-4-2-3-5-11(9)14-16-12-7-6-10(15(18)19)8-13(12)17-14/h2-5,10,12-13H,6-8H2,1H3,(H,16,17)(H,18,19). The number of aliphatic carboxylic acids is 1. The average molecular weight is 258 g/mol. The number of benzene rings is 1. The van der Waals surface area contributed by atoms with Gasteiger partial charge in [-0.2, -0.15) is 0 Å². The molecule has 0 amide bonds. The Labute approximate surface area is 112 Å². The highest BCUT2D eigenvalue weighted by atomic mass is 16.4. The van der Waals surface area contributed by atoms with Gasteiger partial charge in [-0.15, -0.1) is 0 Å². The third-order valence-electron chi connectivity index (χ3n) is 4.18. The van der Waals surface area contributed by atoms with Gasteiger partial charge < -0.3 is 10.4 Å². The highest BCUT2D eigenvalue weighted by Crippen LogP contribution is 2.30. The van der Waals surface area contributed by atoms with Crippen LogP contribution in [-0.2, 0) is 4.79 Å². The zero-order chi connectivity index (χ0) is 13.4. The average Bonchev–Trinajstić information content (AvgIpc) is 2.81. The molecule has 0 radical (unpaired) electrons. The van der Waals surface area contributed by atoms with Crippen molar-refractivity contribution in [1.82, 2.24) is 5.32 Å². The lowest BCUT2D eigenvalue weighted by atomic mass is 9.83. The van der Waals surface area contributed by atoms with Gasteiger partial charge in [0.05, 0.1) is 18.0 Å². The fourth-order valence-corrected chi connectivity index (χ4v) is 3.05. The zero-order valence-electron chi connectivity index (χ0n) is 11.0. The Balaban J connectivity index is 1.79. The minimum absolute atomic E-state index is 0.185. The number of fused-ring (bicyclic) bond motifs is 1. The maximum atomic E-state index is 11.1. The van der Waals surface area contributed by atoms with E-state index >= 15 is 0 Å². The van der Waals surface area contributed by atoms with Gasteiger partial charge in [0, 0.05) is 5.56 Å². The van der Waals surface area contributed by atoms with Crippen LogP contribution in [0.2, 0.25) is 0 Å². The van der Waals surface area contributed by atoms with Crippen LogP contribution in [0.25, 0.3) is 0 Å². The number of nitrogens with zero attached hydrogens (tertiary/aromatic N) is 1. The second-order valence-corrected chi connectivity index (χ2v) is 5.46. The van der Waals surface area contributed by atoms with Crippen LogP contribution in [0.1, 0.15) is 30.4 Å². The number of nitrogens with one attached hydrogen (secondary N) is 1. The molecule has 3 unspecified atom stereocenters. The molecule has 1 aliphatic carbocycles. The van der Waals surface area contributed by atoms with Crippen molar-refractivity contribution in [1.29, 1.82) is 0 Å². The number of rotatable bonds is 2. The molecule has 1 saturated carbocycles. The van der Waals surface area contributed by atoms with Crippen molar-refractivity contribution in [3.63, 3.8) is 0 Å². The summed E-state index contributed by atoms with van der Waals surface area (Å²) in [7, 11) is 0. The van der Waals surface area contributed by atoms with E-state index in [0.717, 1.165) is 24.2 Å². The van der Waals surface area contributed by atoms with Crippen molar-refractivity contribution < 1.29 is 9.90 Å². The molecule has 0 aromatic heterocycles. The lowest BCUT2D eigenvalue weighted by Crippen LogP contribution is -2.41. The molecule has 4 nitrogen and oxygen atoms in total. The van der Waals surface area contributed by atoms with Crippen LogP contribution >= 0.6 is 0 Å². The normalized spacial score (nSPS) is 29.3. The van der Waals surface area contributed by atoms with Crippen molar-refractivity contribution in [2.24, 2.45) is 10.9 Å². The highest BCUT2D eigenvalue weighted by molar-refractivity contribution is 6.01. The molecule has 100 valence electrons. The molecule has 19 heavy (non-hydrogen) atoms. The van der Waals surface area contributed by atoms with E-state index in [2.05, 4.69) is 24.4 Å². The fraction of sp³-hybridized carbons (Fsp3) is 0.467. The summed E-state index contributed by atoms with van der Waals surface area (Å²) >= 11 is 0. The van der Waals surface area contributed by atoms with Crippen LogP contribution in [-0.4, -0.2) is 29.0 Å². The molecule has 3 atom stereocenters. The number of carboxylic acids is 1. The fourth-order valence-electron chi connectivity index (χ4n) is 3.05. The molecular formula is C15H18N2O2. The minimum atomic E-state index is -0.676. The molecule has 2 aliphatic rings. The summed E-state index contributed by atoms with van der Waals surface area (Å²) in [5.74, 6) is 0.0314. The third-order valence-corrected chi connectivity index (χ3v) is 4.18.